The molecule has 0 aromatic heterocycles. The average Bonchev–Trinajstić information content (AvgIpc) is 2.84. The third-order valence-electron chi connectivity index (χ3n) is 4.74. The second-order valence-electron chi connectivity index (χ2n) is 7.09. The third kappa shape index (κ3) is 7.59. The Morgan fingerprint density at radius 1 is 0.939 bits per heavy atom. The van der Waals surface area contributed by atoms with Crippen molar-refractivity contribution in [2.24, 2.45) is 0 Å². The van der Waals surface area contributed by atoms with Crippen LogP contribution in [0, 0.1) is 0 Å². The number of carbonyl (C=O) groups is 2. The molecule has 0 heterocycles. The first kappa shape index (κ1) is 23.7. The fraction of sp³-hybridized carbons (Fsp3) is 0.115. The van der Waals surface area contributed by atoms with Crippen LogP contribution in [0.2, 0.25) is 0 Å². The van der Waals surface area contributed by atoms with Gasteiger partial charge < -0.3 is 15.4 Å². The summed E-state index contributed by atoms with van der Waals surface area (Å²) >= 11 is 5.25. The van der Waals surface area contributed by atoms with E-state index in [4.69, 9.17) is 17.0 Å². The Balaban J connectivity index is 1.53. The summed E-state index contributed by atoms with van der Waals surface area (Å²) in [6.45, 7) is 0.508. The molecule has 0 saturated carbocycles. The first-order valence-electron chi connectivity index (χ1n) is 10.4. The van der Waals surface area contributed by atoms with E-state index in [0.29, 0.717) is 17.8 Å². The van der Waals surface area contributed by atoms with Gasteiger partial charge in [-0.15, -0.1) is 0 Å². The lowest BCUT2D eigenvalue weighted by molar-refractivity contribution is -0.115. The molecule has 33 heavy (non-hydrogen) atoms. The Labute approximate surface area is 198 Å². The minimum absolute atomic E-state index is 0.101. The molecule has 3 rings (SSSR count). The topological polar surface area (TPSA) is 79.5 Å². The molecule has 7 heteroatoms. The summed E-state index contributed by atoms with van der Waals surface area (Å²) in [4.78, 5) is 24.9. The van der Waals surface area contributed by atoms with Gasteiger partial charge in [0.2, 0.25) is 5.91 Å². The number of benzene rings is 3. The van der Waals surface area contributed by atoms with Crippen molar-refractivity contribution in [3.05, 3.63) is 102 Å². The van der Waals surface area contributed by atoms with Gasteiger partial charge in [-0.1, -0.05) is 54.6 Å². The molecule has 3 N–H and O–H groups in total. The molecule has 0 spiro atoms. The smallest absolute Gasteiger partial charge is 0.253 e. The summed E-state index contributed by atoms with van der Waals surface area (Å²) in [7, 11) is 1.60. The highest BCUT2D eigenvalue weighted by atomic mass is 32.1. The monoisotopic (exact) mass is 459 g/mol. The zero-order chi connectivity index (χ0) is 23.5. The van der Waals surface area contributed by atoms with E-state index in [2.05, 4.69) is 16.0 Å². The SMILES string of the molecule is COc1ccc(/C=C/C(=O)NC(=S)Nc2ccccc2C(=O)NCCc2ccccc2)cc1. The highest BCUT2D eigenvalue weighted by Crippen LogP contribution is 2.15. The van der Waals surface area contributed by atoms with Crippen LogP contribution in [0.5, 0.6) is 5.75 Å². The Morgan fingerprint density at radius 2 is 1.64 bits per heavy atom. The summed E-state index contributed by atoms with van der Waals surface area (Å²) < 4.78 is 5.12. The molecule has 3 aromatic rings. The molecular weight excluding hydrogens is 434 g/mol. The molecule has 168 valence electrons. The van der Waals surface area contributed by atoms with Crippen molar-refractivity contribution in [1.29, 1.82) is 0 Å². The Hall–Kier alpha value is -3.97. The highest BCUT2D eigenvalue weighted by Gasteiger charge is 2.12. The summed E-state index contributed by atoms with van der Waals surface area (Å²) in [5.74, 6) is 0.139. The number of anilines is 1. The van der Waals surface area contributed by atoms with Crippen LogP contribution in [0.4, 0.5) is 5.69 Å². The third-order valence-corrected chi connectivity index (χ3v) is 4.95. The summed E-state index contributed by atoms with van der Waals surface area (Å²) in [6.07, 6.45) is 3.79. The maximum atomic E-state index is 12.7. The van der Waals surface area contributed by atoms with E-state index in [1.807, 2.05) is 54.6 Å². The fourth-order valence-electron chi connectivity index (χ4n) is 3.04. The normalized spacial score (nSPS) is 10.5. The fourth-order valence-corrected chi connectivity index (χ4v) is 3.25. The van der Waals surface area contributed by atoms with E-state index in [1.165, 1.54) is 6.08 Å². The molecule has 0 atom stereocenters. The molecule has 0 bridgehead atoms. The number of methoxy groups -OCH3 is 1. The number of hydrogen-bond acceptors (Lipinski definition) is 4. The molecule has 0 radical (unpaired) electrons. The largest absolute Gasteiger partial charge is 0.497 e. The molecule has 0 fully saturated rings. The number of ether oxygens (including phenoxy) is 1. The minimum atomic E-state index is -0.381. The van der Waals surface area contributed by atoms with E-state index in [0.717, 1.165) is 23.3 Å². The van der Waals surface area contributed by atoms with Crippen molar-refractivity contribution in [1.82, 2.24) is 10.6 Å². The van der Waals surface area contributed by atoms with E-state index in [1.54, 1.807) is 37.5 Å². The zero-order valence-corrected chi connectivity index (χ0v) is 19.0. The van der Waals surface area contributed by atoms with Gasteiger partial charge in [0.05, 0.1) is 18.4 Å². The van der Waals surface area contributed by atoms with Gasteiger partial charge in [0.15, 0.2) is 5.11 Å². The Bertz CT molecular complexity index is 1130. The number of rotatable bonds is 8. The van der Waals surface area contributed by atoms with Crippen LogP contribution in [0.25, 0.3) is 6.08 Å². The average molecular weight is 460 g/mol. The van der Waals surface area contributed by atoms with E-state index in [9.17, 15) is 9.59 Å². The van der Waals surface area contributed by atoms with Crippen molar-refractivity contribution in [2.45, 2.75) is 6.42 Å². The van der Waals surface area contributed by atoms with Gasteiger partial charge in [-0.25, -0.2) is 0 Å². The Morgan fingerprint density at radius 3 is 2.36 bits per heavy atom. The molecule has 0 unspecified atom stereocenters. The predicted molar refractivity (Wildman–Crippen MR) is 135 cm³/mol. The maximum Gasteiger partial charge on any atom is 0.253 e. The quantitative estimate of drug-likeness (QED) is 0.348. The standard InChI is InChI=1S/C26H25N3O3S/c1-32-21-14-11-20(12-15-21)13-16-24(30)29-26(33)28-23-10-6-5-9-22(23)25(31)27-18-17-19-7-3-2-4-8-19/h2-16H,17-18H2,1H3,(H,27,31)(H2,28,29,30,33)/b16-13+. The van der Waals surface area contributed by atoms with E-state index in [-0.39, 0.29) is 16.9 Å². The summed E-state index contributed by atoms with van der Waals surface area (Å²) in [6, 6.07) is 24.2. The van der Waals surface area contributed by atoms with Crippen LogP contribution in [-0.2, 0) is 11.2 Å². The van der Waals surface area contributed by atoms with Crippen LogP contribution >= 0.6 is 12.2 Å². The van der Waals surface area contributed by atoms with E-state index >= 15 is 0 Å². The minimum Gasteiger partial charge on any atom is -0.497 e. The maximum absolute atomic E-state index is 12.7. The number of thiocarbonyl (C=S) groups is 1. The number of para-hydroxylation sites is 1. The van der Waals surface area contributed by atoms with Gasteiger partial charge >= 0.3 is 0 Å². The zero-order valence-electron chi connectivity index (χ0n) is 18.2. The first-order valence-corrected chi connectivity index (χ1v) is 10.8. The number of carbonyl (C=O) groups excluding carboxylic acids is 2. The van der Waals surface area contributed by atoms with Gasteiger partial charge in [0, 0.05) is 12.6 Å². The van der Waals surface area contributed by atoms with Gasteiger partial charge in [-0.3, -0.25) is 14.9 Å². The van der Waals surface area contributed by atoms with Crippen LogP contribution < -0.4 is 20.7 Å². The van der Waals surface area contributed by atoms with Gasteiger partial charge in [0.25, 0.3) is 5.91 Å². The number of nitrogens with one attached hydrogen (secondary N) is 3. The van der Waals surface area contributed by atoms with Crippen molar-refractivity contribution in [2.75, 3.05) is 19.0 Å². The second kappa shape index (κ2) is 12.2. The van der Waals surface area contributed by atoms with Gasteiger partial charge in [-0.05, 0) is 60.1 Å². The first-order chi connectivity index (χ1) is 16.0. The number of hydrogen-bond donors (Lipinski definition) is 3. The van der Waals surface area contributed by atoms with Crippen molar-refractivity contribution in [3.8, 4) is 5.75 Å². The van der Waals surface area contributed by atoms with Crippen molar-refractivity contribution in [3.63, 3.8) is 0 Å². The van der Waals surface area contributed by atoms with Crippen molar-refractivity contribution >= 4 is 40.9 Å². The van der Waals surface area contributed by atoms with E-state index < -0.39 is 0 Å². The molecule has 6 nitrogen and oxygen atoms in total. The second-order valence-corrected chi connectivity index (χ2v) is 7.50. The van der Waals surface area contributed by atoms with Crippen LogP contribution in [-0.4, -0.2) is 30.6 Å². The van der Waals surface area contributed by atoms with Crippen LogP contribution in [0.3, 0.4) is 0 Å². The Kier molecular flexibility index (Phi) is 8.73. The molecular formula is C26H25N3O3S. The predicted octanol–water partition coefficient (Wildman–Crippen LogP) is 4.19. The number of amides is 2. The molecule has 0 aliphatic carbocycles. The lowest BCUT2D eigenvalue weighted by Gasteiger charge is -2.13. The van der Waals surface area contributed by atoms with Crippen LogP contribution in [0.15, 0.2) is 84.9 Å². The lowest BCUT2D eigenvalue weighted by Crippen LogP contribution is -2.34. The summed E-state index contributed by atoms with van der Waals surface area (Å²) in [5.41, 5.74) is 2.95. The summed E-state index contributed by atoms with van der Waals surface area (Å²) in [5, 5.41) is 8.54. The van der Waals surface area contributed by atoms with Gasteiger partial charge in [0.1, 0.15) is 5.75 Å². The molecule has 0 aliphatic rings. The highest BCUT2D eigenvalue weighted by molar-refractivity contribution is 7.80. The van der Waals surface area contributed by atoms with Crippen LogP contribution in [0.1, 0.15) is 21.5 Å². The van der Waals surface area contributed by atoms with Crippen molar-refractivity contribution < 1.29 is 14.3 Å². The van der Waals surface area contributed by atoms with Gasteiger partial charge in [-0.2, -0.15) is 0 Å². The molecule has 0 saturated heterocycles. The molecule has 3 aromatic carbocycles. The lowest BCUT2D eigenvalue weighted by atomic mass is 10.1. The molecule has 2 amide bonds. The molecule has 0 aliphatic heterocycles.